The van der Waals surface area contributed by atoms with E-state index in [1.165, 1.54) is 19.4 Å². The summed E-state index contributed by atoms with van der Waals surface area (Å²) in [6, 6.07) is 11.5. The van der Waals surface area contributed by atoms with Crippen LogP contribution >= 0.6 is 11.6 Å². The molecule has 0 bridgehead atoms. The number of aromatic nitrogens is 1. The number of nitrogens with one attached hydrogen (secondary N) is 4. The van der Waals surface area contributed by atoms with Crippen molar-refractivity contribution >= 4 is 52.6 Å². The molecule has 1 unspecified atom stereocenters. The van der Waals surface area contributed by atoms with Crippen LogP contribution in [0.5, 0.6) is 5.75 Å². The molecule has 0 spiro atoms. The molecule has 2 aromatic carbocycles. The number of carbonyl (C=O) groups excluding carboxylic acids is 4. The molecule has 4 N–H and O–H groups in total. The highest BCUT2D eigenvalue weighted by Gasteiger charge is 2.57. The zero-order valence-electron chi connectivity index (χ0n) is 37.5. The number of likely N-dealkylation sites (tertiary alicyclic amines) is 1. The van der Waals surface area contributed by atoms with Crippen molar-refractivity contribution in [3.63, 3.8) is 0 Å². The Morgan fingerprint density at radius 3 is 2.32 bits per heavy atom. The van der Waals surface area contributed by atoms with E-state index in [1.807, 2.05) is 43.7 Å². The lowest BCUT2D eigenvalue weighted by atomic mass is 9.89. The van der Waals surface area contributed by atoms with Crippen LogP contribution in [-0.4, -0.2) is 102 Å². The maximum Gasteiger partial charge on any atom is 0.573 e. The van der Waals surface area contributed by atoms with Gasteiger partial charge in [0.05, 0.1) is 35.1 Å². The van der Waals surface area contributed by atoms with E-state index in [0.717, 1.165) is 37.3 Å². The average Bonchev–Trinajstić information content (AvgIpc) is 4.14. The Balaban J connectivity index is 0.942. The Hall–Kier alpha value is -5.71. The van der Waals surface area contributed by atoms with Gasteiger partial charge in [-0.1, -0.05) is 63.6 Å². The minimum atomic E-state index is -5.05. The van der Waals surface area contributed by atoms with Gasteiger partial charge in [0.25, 0.3) is 5.91 Å². The average molecular weight is 921 g/mol. The first kappa shape index (κ1) is 45.8. The van der Waals surface area contributed by atoms with Crippen molar-refractivity contribution in [2.24, 2.45) is 23.2 Å². The molecule has 7 atom stereocenters. The Labute approximate surface area is 381 Å². The lowest BCUT2D eigenvalue weighted by Crippen LogP contribution is -2.67. The van der Waals surface area contributed by atoms with Crippen LogP contribution in [0, 0.1) is 23.2 Å². The molecule has 348 valence electrons. The number of hydrogen-bond donors (Lipinski definition) is 4. The quantitative estimate of drug-likeness (QED) is 0.151. The van der Waals surface area contributed by atoms with Gasteiger partial charge < -0.3 is 45.4 Å². The molecule has 18 heteroatoms. The van der Waals surface area contributed by atoms with Gasteiger partial charge in [-0.25, -0.2) is 9.78 Å². The Kier molecular flexibility index (Phi) is 12.2. The first-order chi connectivity index (χ1) is 30.7. The van der Waals surface area contributed by atoms with Crippen LogP contribution in [0.1, 0.15) is 83.1 Å². The van der Waals surface area contributed by atoms with E-state index < -0.39 is 35.8 Å². The largest absolute Gasteiger partial charge is 0.573 e. The van der Waals surface area contributed by atoms with Gasteiger partial charge in [0.1, 0.15) is 23.3 Å². The summed E-state index contributed by atoms with van der Waals surface area (Å²) in [7, 11) is 1.26. The highest BCUT2D eigenvalue weighted by atomic mass is 35.5. The van der Waals surface area contributed by atoms with Crippen LogP contribution in [0.2, 0.25) is 5.02 Å². The molecule has 2 saturated heterocycles. The number of piperidine rings is 1. The minimum Gasteiger partial charge on any atom is -0.453 e. The molecule has 4 amide bonds. The summed E-state index contributed by atoms with van der Waals surface area (Å²) in [6.07, 6.45) is 0.976. The Morgan fingerprint density at radius 1 is 1.00 bits per heavy atom. The molecule has 0 radical (unpaired) electrons. The Bertz CT molecular complexity index is 2380. The fourth-order valence-corrected chi connectivity index (χ4v) is 9.89. The van der Waals surface area contributed by atoms with Crippen molar-refractivity contribution in [1.29, 1.82) is 0 Å². The number of hydrogen-bond acceptors (Lipinski definition) is 10. The second-order valence-electron chi connectivity index (χ2n) is 19.2. The van der Waals surface area contributed by atoms with Crippen LogP contribution in [0.15, 0.2) is 60.9 Å². The van der Waals surface area contributed by atoms with Crippen molar-refractivity contribution in [3.05, 3.63) is 77.1 Å². The minimum absolute atomic E-state index is 0.00361. The number of piperazine rings is 1. The number of ether oxygens (including phenoxy) is 2. The van der Waals surface area contributed by atoms with Crippen molar-refractivity contribution < 1.29 is 41.8 Å². The number of alkyl halides is 3. The van der Waals surface area contributed by atoms with Gasteiger partial charge in [0.15, 0.2) is 0 Å². The maximum atomic E-state index is 14.1. The van der Waals surface area contributed by atoms with Crippen molar-refractivity contribution in [2.45, 2.75) is 103 Å². The van der Waals surface area contributed by atoms with Gasteiger partial charge in [0, 0.05) is 61.7 Å². The predicted octanol–water partition coefficient (Wildman–Crippen LogP) is 7.60. The molecular weight excluding hydrogens is 865 g/mol. The molecular formula is C47H56ClF3N8O6. The molecule has 3 aromatic rings. The summed E-state index contributed by atoms with van der Waals surface area (Å²) in [5, 5.41) is 12.3. The third kappa shape index (κ3) is 9.52. The van der Waals surface area contributed by atoms with Crippen LogP contribution < -0.4 is 30.9 Å². The zero-order valence-corrected chi connectivity index (χ0v) is 38.3. The lowest BCUT2D eigenvalue weighted by Gasteiger charge is -2.46. The number of anilines is 2. The highest BCUT2D eigenvalue weighted by Crippen LogP contribution is 2.53. The van der Waals surface area contributed by atoms with Gasteiger partial charge in [-0.05, 0) is 86.1 Å². The molecule has 3 aliphatic heterocycles. The summed E-state index contributed by atoms with van der Waals surface area (Å²) in [4.78, 5) is 63.1. The van der Waals surface area contributed by atoms with Crippen LogP contribution in [0.4, 0.5) is 29.5 Å². The fourth-order valence-electron chi connectivity index (χ4n) is 9.68. The van der Waals surface area contributed by atoms with Gasteiger partial charge in [-0.3, -0.25) is 14.4 Å². The number of alkyl carbamates (subject to hydrolysis) is 1. The van der Waals surface area contributed by atoms with E-state index in [1.54, 1.807) is 36.4 Å². The normalized spacial score (nSPS) is 25.9. The first-order valence-electron chi connectivity index (χ1n) is 22.1. The molecule has 2 saturated carbocycles. The smallest absolute Gasteiger partial charge is 0.453 e. The van der Waals surface area contributed by atoms with Gasteiger partial charge in [-0.2, -0.15) is 0 Å². The number of nitrogens with zero attached hydrogens (tertiary/aromatic N) is 4. The summed E-state index contributed by atoms with van der Waals surface area (Å²) in [5.41, 5.74) is 1.22. The summed E-state index contributed by atoms with van der Waals surface area (Å²) in [5.74, 6) is -0.245. The number of halogens is 4. The number of benzene rings is 2. The molecule has 2 aliphatic carbocycles. The van der Waals surface area contributed by atoms with Crippen molar-refractivity contribution in [1.82, 2.24) is 30.7 Å². The van der Waals surface area contributed by atoms with Gasteiger partial charge in [-0.15, -0.1) is 13.2 Å². The number of fused-ring (bicyclic) bond motifs is 1. The third-order valence-electron chi connectivity index (χ3n) is 13.7. The van der Waals surface area contributed by atoms with E-state index in [9.17, 15) is 32.3 Å². The number of pyridine rings is 1. The molecule has 4 fully saturated rings. The number of carbonyl (C=O) groups is 4. The first-order valence-corrected chi connectivity index (χ1v) is 22.5. The number of methoxy groups -OCH3 is 1. The Morgan fingerprint density at radius 2 is 1.71 bits per heavy atom. The van der Waals surface area contributed by atoms with E-state index in [-0.39, 0.29) is 69.0 Å². The van der Waals surface area contributed by atoms with Crippen molar-refractivity contribution in [2.75, 3.05) is 37.0 Å². The summed E-state index contributed by atoms with van der Waals surface area (Å²) in [6.45, 7) is 13.7. The lowest BCUT2D eigenvalue weighted by molar-refractivity contribution is -0.274. The molecule has 4 heterocycles. The van der Waals surface area contributed by atoms with Crippen LogP contribution in [0.3, 0.4) is 0 Å². The molecule has 14 nitrogen and oxygen atoms in total. The molecule has 8 rings (SSSR count). The number of rotatable bonds is 11. The summed E-state index contributed by atoms with van der Waals surface area (Å²) < 4.78 is 50.9. The second kappa shape index (κ2) is 17.3. The van der Waals surface area contributed by atoms with Crippen molar-refractivity contribution in [3.8, 4) is 16.9 Å². The molecule has 65 heavy (non-hydrogen) atoms. The van der Waals surface area contributed by atoms with Crippen LogP contribution in [-0.2, 0) is 14.3 Å². The van der Waals surface area contributed by atoms with Gasteiger partial charge >= 0.3 is 12.5 Å². The van der Waals surface area contributed by atoms with Gasteiger partial charge in [0.2, 0.25) is 11.8 Å². The SMILES string of the molecule is COC(=O)N[C@H](C(=O)N1[C@@H]2C[C@@H]2CC[C@H]1C1(C)NC=C(c2ccc(-c3cc(Cl)c(NC(=O)c4ccc(N5CCN(C(=O)[C@H]6CC6(C)C)C[C@H]5C)nc4)cc3OC(F)(F)F)cc2)N1)C(C)C. The van der Waals surface area contributed by atoms with Crippen LogP contribution in [0.25, 0.3) is 16.8 Å². The highest BCUT2D eigenvalue weighted by molar-refractivity contribution is 6.34. The molecule has 1 aromatic heterocycles. The van der Waals surface area contributed by atoms with E-state index in [0.29, 0.717) is 42.6 Å². The maximum absolute atomic E-state index is 14.1. The number of amides is 4. The monoisotopic (exact) mass is 920 g/mol. The van der Waals surface area contributed by atoms with E-state index >= 15 is 0 Å². The summed E-state index contributed by atoms with van der Waals surface area (Å²) >= 11 is 6.64. The van der Waals surface area contributed by atoms with E-state index in [4.69, 9.17) is 16.3 Å². The third-order valence-corrected chi connectivity index (χ3v) is 14.0. The zero-order chi connectivity index (χ0) is 46.7. The standard InChI is InChI=1S/C47H56ClF3N8O6/c1-25(2)40(55-44(63)64-7)43(62)59-36-18-29(36)12-14-38(59)46(6)53-23-35(56-46)28-10-8-27(9-11-28)31-19-33(48)34(20-37(31)65-47(49,50)51)54-41(60)30-13-15-39(52-22-30)58-17-16-57(24-26(58)3)42(61)32-21-45(32,4)5/h8-11,13,15,19-20,22-23,25-26,29,32,36,38,40,53,56H,12,14,16-18,21,24H2,1-7H3,(H,54,60)(H,55,63)/t26-,29+,32-,36-,38+,40+,46?/m1/s1. The fraction of sp³-hybridized carbons (Fsp3) is 0.511. The van der Waals surface area contributed by atoms with E-state index in [2.05, 4.69) is 49.7 Å². The molecule has 5 aliphatic rings. The topological polar surface area (TPSA) is 157 Å². The second-order valence-corrected chi connectivity index (χ2v) is 19.6. The predicted molar refractivity (Wildman–Crippen MR) is 240 cm³/mol.